The van der Waals surface area contributed by atoms with Crippen LogP contribution in [0.5, 0.6) is 0 Å². The Morgan fingerprint density at radius 3 is 2.28 bits per heavy atom. The largest absolute Gasteiger partial charge is 0.325 e. The van der Waals surface area contributed by atoms with Crippen LogP contribution in [0.1, 0.15) is 29.2 Å². The molecule has 32 heavy (non-hydrogen) atoms. The molecule has 0 aliphatic rings. The summed E-state index contributed by atoms with van der Waals surface area (Å²) < 4.78 is 0. The first kappa shape index (κ1) is 23.2. The van der Waals surface area contributed by atoms with Gasteiger partial charge < -0.3 is 10.6 Å². The maximum Gasteiger partial charge on any atom is 0.278 e. The number of H-pyrrole nitrogens is 1. The van der Waals surface area contributed by atoms with Crippen LogP contribution in [0.15, 0.2) is 40.3 Å². The van der Waals surface area contributed by atoms with Crippen LogP contribution >= 0.6 is 11.8 Å². The second kappa shape index (κ2) is 9.78. The second-order valence-electron chi connectivity index (χ2n) is 7.60. The zero-order valence-electron chi connectivity index (χ0n) is 18.6. The minimum atomic E-state index is -0.453. The number of amides is 2. The van der Waals surface area contributed by atoms with Crippen LogP contribution in [0.3, 0.4) is 0 Å². The number of aryl methyl sites for hydroxylation is 4. The molecule has 0 radical (unpaired) electrons. The molecule has 3 rings (SSSR count). The smallest absolute Gasteiger partial charge is 0.278 e. The maximum absolute atomic E-state index is 12.7. The number of thioether (sulfide) groups is 1. The summed E-state index contributed by atoms with van der Waals surface area (Å²) >= 11 is 1.09. The number of nitrogens with one attached hydrogen (secondary N) is 3. The maximum atomic E-state index is 12.7. The lowest BCUT2D eigenvalue weighted by Gasteiger charge is -2.13. The third kappa shape index (κ3) is 5.42. The average Bonchev–Trinajstić information content (AvgIpc) is 2.71. The molecule has 3 aromatic rings. The van der Waals surface area contributed by atoms with Crippen molar-refractivity contribution in [1.82, 2.24) is 15.2 Å². The lowest BCUT2D eigenvalue weighted by atomic mass is 10.1. The average molecular weight is 452 g/mol. The van der Waals surface area contributed by atoms with Crippen LogP contribution in [0, 0.1) is 27.7 Å². The number of carbonyl (C=O) groups is 2. The highest BCUT2D eigenvalue weighted by atomic mass is 32.2. The summed E-state index contributed by atoms with van der Waals surface area (Å²) in [5.74, 6) is -0.385. The van der Waals surface area contributed by atoms with E-state index in [0.717, 1.165) is 39.7 Å². The summed E-state index contributed by atoms with van der Waals surface area (Å²) in [7, 11) is 0. The standard InChI is InChI=1S/C23H25N5O3S/c1-12-9-14(3)19(15(4)10-12)25-18(30)11-32-23-26-22(31)21(27-28-23)17-8-6-7-13(2)20(17)24-16(5)29/h6-10H,11H2,1-5H3,(H,24,29)(H,25,30)(H,26,28,31). The van der Waals surface area contributed by atoms with Gasteiger partial charge in [-0.2, -0.15) is 0 Å². The van der Waals surface area contributed by atoms with Gasteiger partial charge in [-0.05, 0) is 44.4 Å². The van der Waals surface area contributed by atoms with Crippen LogP contribution in [0.2, 0.25) is 0 Å². The number of hydrogen-bond acceptors (Lipinski definition) is 6. The highest BCUT2D eigenvalue weighted by molar-refractivity contribution is 7.99. The fraction of sp³-hybridized carbons (Fsp3) is 0.261. The van der Waals surface area contributed by atoms with Crippen LogP contribution < -0.4 is 16.2 Å². The third-order valence-electron chi connectivity index (χ3n) is 4.79. The molecule has 0 aliphatic carbocycles. The van der Waals surface area contributed by atoms with Crippen molar-refractivity contribution in [3.8, 4) is 11.3 Å². The summed E-state index contributed by atoms with van der Waals surface area (Å²) in [5, 5.41) is 14.0. The Morgan fingerprint density at radius 2 is 1.66 bits per heavy atom. The molecule has 0 unspecified atom stereocenters. The van der Waals surface area contributed by atoms with Crippen molar-refractivity contribution in [2.45, 2.75) is 39.8 Å². The Morgan fingerprint density at radius 1 is 0.969 bits per heavy atom. The van der Waals surface area contributed by atoms with Gasteiger partial charge in [-0.1, -0.05) is 47.7 Å². The van der Waals surface area contributed by atoms with E-state index in [1.54, 1.807) is 12.1 Å². The van der Waals surface area contributed by atoms with E-state index in [4.69, 9.17) is 0 Å². The van der Waals surface area contributed by atoms with Gasteiger partial charge in [-0.25, -0.2) is 0 Å². The number of aromatic nitrogens is 3. The Hall–Kier alpha value is -3.46. The minimum Gasteiger partial charge on any atom is -0.325 e. The first-order valence-corrected chi connectivity index (χ1v) is 11.0. The van der Waals surface area contributed by atoms with Crippen molar-refractivity contribution < 1.29 is 9.59 Å². The molecule has 0 spiro atoms. The normalized spacial score (nSPS) is 10.7. The monoisotopic (exact) mass is 451 g/mol. The highest BCUT2D eigenvalue weighted by Gasteiger charge is 2.16. The molecule has 2 aromatic carbocycles. The van der Waals surface area contributed by atoms with Gasteiger partial charge in [0, 0.05) is 18.2 Å². The number of carbonyl (C=O) groups excluding carboxylic acids is 2. The van der Waals surface area contributed by atoms with E-state index in [1.165, 1.54) is 6.92 Å². The van der Waals surface area contributed by atoms with Crippen molar-refractivity contribution in [3.63, 3.8) is 0 Å². The van der Waals surface area contributed by atoms with E-state index >= 15 is 0 Å². The Kier molecular flexibility index (Phi) is 7.09. The van der Waals surface area contributed by atoms with E-state index in [-0.39, 0.29) is 28.4 Å². The number of benzene rings is 2. The molecule has 2 amide bonds. The van der Waals surface area contributed by atoms with Crippen LogP contribution in [-0.4, -0.2) is 32.7 Å². The quantitative estimate of drug-likeness (QED) is 0.492. The van der Waals surface area contributed by atoms with Gasteiger partial charge in [-0.3, -0.25) is 19.4 Å². The summed E-state index contributed by atoms with van der Waals surface area (Å²) in [5.41, 5.74) is 5.35. The number of aromatic amines is 1. The molecule has 0 aliphatic heterocycles. The predicted molar refractivity (Wildman–Crippen MR) is 127 cm³/mol. The molecule has 8 nitrogen and oxygen atoms in total. The molecule has 0 saturated carbocycles. The van der Waals surface area contributed by atoms with Crippen molar-refractivity contribution in [2.24, 2.45) is 0 Å². The summed E-state index contributed by atoms with van der Waals surface area (Å²) in [6, 6.07) is 9.33. The van der Waals surface area contributed by atoms with Gasteiger partial charge >= 0.3 is 0 Å². The molecule has 1 aromatic heterocycles. The van der Waals surface area contributed by atoms with E-state index in [0.29, 0.717) is 11.3 Å². The summed E-state index contributed by atoms with van der Waals surface area (Å²) in [6.07, 6.45) is 0. The first-order valence-electron chi connectivity index (χ1n) is 10.0. The van der Waals surface area contributed by atoms with Crippen molar-refractivity contribution in [2.75, 3.05) is 16.4 Å². The van der Waals surface area contributed by atoms with E-state index in [2.05, 4.69) is 25.8 Å². The fourth-order valence-electron chi connectivity index (χ4n) is 3.46. The van der Waals surface area contributed by atoms with Crippen molar-refractivity contribution >= 4 is 35.0 Å². The zero-order valence-corrected chi connectivity index (χ0v) is 19.4. The Labute approximate surface area is 190 Å². The van der Waals surface area contributed by atoms with Gasteiger partial charge in [0.15, 0.2) is 10.9 Å². The molecule has 0 fully saturated rings. The molecule has 0 saturated heterocycles. The lowest BCUT2D eigenvalue weighted by Crippen LogP contribution is -2.19. The van der Waals surface area contributed by atoms with Gasteiger partial charge in [0.25, 0.3) is 5.56 Å². The number of anilines is 2. The predicted octanol–water partition coefficient (Wildman–Crippen LogP) is 3.75. The van der Waals surface area contributed by atoms with Crippen LogP contribution in [0.4, 0.5) is 11.4 Å². The van der Waals surface area contributed by atoms with E-state index in [9.17, 15) is 14.4 Å². The molecule has 166 valence electrons. The molecular formula is C23H25N5O3S. The SMILES string of the molecule is CC(=O)Nc1c(C)cccc1-c1nnc(SCC(=O)Nc2c(C)cc(C)cc2C)[nH]c1=O. The summed E-state index contributed by atoms with van der Waals surface area (Å²) in [6.45, 7) is 9.14. The minimum absolute atomic E-state index is 0.0678. The summed E-state index contributed by atoms with van der Waals surface area (Å²) in [4.78, 5) is 39.3. The third-order valence-corrected chi connectivity index (χ3v) is 5.65. The van der Waals surface area contributed by atoms with Crippen LogP contribution in [-0.2, 0) is 9.59 Å². The molecule has 3 N–H and O–H groups in total. The number of hydrogen-bond donors (Lipinski definition) is 3. The first-order chi connectivity index (χ1) is 15.2. The Bertz CT molecular complexity index is 1230. The van der Waals surface area contributed by atoms with Crippen molar-refractivity contribution in [3.05, 3.63) is 62.9 Å². The molecule has 9 heteroatoms. The fourth-order valence-corrected chi connectivity index (χ4v) is 4.06. The lowest BCUT2D eigenvalue weighted by molar-refractivity contribution is -0.114. The van der Waals surface area contributed by atoms with Gasteiger partial charge in [0.05, 0.1) is 11.4 Å². The van der Waals surface area contributed by atoms with Crippen molar-refractivity contribution in [1.29, 1.82) is 0 Å². The topological polar surface area (TPSA) is 117 Å². The molecule has 0 atom stereocenters. The van der Waals surface area contributed by atoms with Gasteiger partial charge in [0.1, 0.15) is 0 Å². The van der Waals surface area contributed by atoms with Crippen LogP contribution in [0.25, 0.3) is 11.3 Å². The van der Waals surface area contributed by atoms with Gasteiger partial charge in [-0.15, -0.1) is 10.2 Å². The molecular weight excluding hydrogens is 426 g/mol. The molecule has 0 bridgehead atoms. The van der Waals surface area contributed by atoms with E-state index < -0.39 is 5.56 Å². The number of para-hydroxylation sites is 1. The second-order valence-corrected chi connectivity index (χ2v) is 8.56. The Balaban J connectivity index is 1.75. The van der Waals surface area contributed by atoms with E-state index in [1.807, 2.05) is 45.9 Å². The highest BCUT2D eigenvalue weighted by Crippen LogP contribution is 2.28. The number of rotatable bonds is 6. The van der Waals surface area contributed by atoms with Gasteiger partial charge in [0.2, 0.25) is 11.8 Å². The zero-order chi connectivity index (χ0) is 23.4. The molecule has 1 heterocycles. The number of nitrogens with zero attached hydrogens (tertiary/aromatic N) is 2.